The molecule has 23 heavy (non-hydrogen) atoms. The molecule has 6 heteroatoms. The molecule has 1 fully saturated rings. The van der Waals surface area contributed by atoms with Crippen molar-refractivity contribution in [2.75, 3.05) is 26.7 Å². The summed E-state index contributed by atoms with van der Waals surface area (Å²) >= 11 is 0. The SMILES string of the molecule is COc1ccc(F)cc1[C@H](C)NCC(=O)N1C[C@@H](C)O[C@@H](C)C1. The highest BCUT2D eigenvalue weighted by Gasteiger charge is 2.26. The molecule has 0 spiro atoms. The van der Waals surface area contributed by atoms with E-state index in [9.17, 15) is 9.18 Å². The van der Waals surface area contributed by atoms with E-state index < -0.39 is 0 Å². The first-order valence-corrected chi connectivity index (χ1v) is 7.90. The quantitative estimate of drug-likeness (QED) is 0.901. The second-order valence-electron chi connectivity index (χ2n) is 6.04. The van der Waals surface area contributed by atoms with Gasteiger partial charge in [0.05, 0.1) is 25.9 Å². The van der Waals surface area contributed by atoms with Gasteiger partial charge in [-0.15, -0.1) is 0 Å². The van der Waals surface area contributed by atoms with E-state index in [-0.39, 0.29) is 36.5 Å². The van der Waals surface area contributed by atoms with E-state index in [0.29, 0.717) is 24.4 Å². The van der Waals surface area contributed by atoms with Crippen molar-refractivity contribution in [2.24, 2.45) is 0 Å². The molecule has 1 aromatic carbocycles. The molecule has 0 radical (unpaired) electrons. The van der Waals surface area contributed by atoms with Gasteiger partial charge in [0, 0.05) is 24.7 Å². The Morgan fingerprint density at radius 3 is 2.70 bits per heavy atom. The molecule has 1 aromatic rings. The Morgan fingerprint density at radius 1 is 1.43 bits per heavy atom. The summed E-state index contributed by atoms with van der Waals surface area (Å²) in [7, 11) is 1.55. The predicted octanol–water partition coefficient (Wildman–Crippen LogP) is 2.12. The minimum Gasteiger partial charge on any atom is -0.496 e. The number of amides is 1. The standard InChI is InChI=1S/C17H25FN2O3/c1-11-9-20(10-12(2)23-11)17(21)8-19-13(3)15-7-14(18)5-6-16(15)22-4/h5-7,11-13,19H,8-10H2,1-4H3/t11-,12+,13-/m0/s1. The van der Waals surface area contributed by atoms with Crippen LogP contribution in [-0.2, 0) is 9.53 Å². The van der Waals surface area contributed by atoms with Gasteiger partial charge in [-0.25, -0.2) is 4.39 Å². The summed E-state index contributed by atoms with van der Waals surface area (Å²) in [5.74, 6) is 0.304. The van der Waals surface area contributed by atoms with Gasteiger partial charge in [0.1, 0.15) is 11.6 Å². The molecule has 1 amide bonds. The van der Waals surface area contributed by atoms with E-state index in [1.54, 1.807) is 18.1 Å². The Morgan fingerprint density at radius 2 is 2.09 bits per heavy atom. The second-order valence-corrected chi connectivity index (χ2v) is 6.04. The number of nitrogens with one attached hydrogen (secondary N) is 1. The van der Waals surface area contributed by atoms with Crippen LogP contribution in [-0.4, -0.2) is 49.8 Å². The lowest BCUT2D eigenvalue weighted by Gasteiger charge is -2.35. The molecule has 0 unspecified atom stereocenters. The number of rotatable bonds is 5. The monoisotopic (exact) mass is 324 g/mol. The number of halogens is 1. The lowest BCUT2D eigenvalue weighted by Crippen LogP contribution is -2.50. The van der Waals surface area contributed by atoms with Gasteiger partial charge in [-0.1, -0.05) is 0 Å². The fourth-order valence-electron chi connectivity index (χ4n) is 2.89. The molecule has 1 aliphatic rings. The third kappa shape index (κ3) is 4.65. The van der Waals surface area contributed by atoms with Crippen molar-refractivity contribution in [3.8, 4) is 5.75 Å². The molecule has 1 N–H and O–H groups in total. The first-order chi connectivity index (χ1) is 10.9. The van der Waals surface area contributed by atoms with Crippen molar-refractivity contribution >= 4 is 5.91 Å². The van der Waals surface area contributed by atoms with Crippen LogP contribution in [0.4, 0.5) is 4.39 Å². The van der Waals surface area contributed by atoms with E-state index in [1.807, 2.05) is 20.8 Å². The van der Waals surface area contributed by atoms with Gasteiger partial charge < -0.3 is 19.7 Å². The molecular weight excluding hydrogens is 299 g/mol. The Labute approximate surface area is 136 Å². The molecule has 1 aliphatic heterocycles. The molecule has 3 atom stereocenters. The highest BCUT2D eigenvalue weighted by molar-refractivity contribution is 5.78. The van der Waals surface area contributed by atoms with Crippen LogP contribution in [0.2, 0.25) is 0 Å². The maximum Gasteiger partial charge on any atom is 0.236 e. The maximum absolute atomic E-state index is 13.4. The zero-order chi connectivity index (χ0) is 17.0. The van der Waals surface area contributed by atoms with E-state index in [2.05, 4.69) is 5.32 Å². The van der Waals surface area contributed by atoms with E-state index >= 15 is 0 Å². The zero-order valence-corrected chi connectivity index (χ0v) is 14.1. The molecule has 1 saturated heterocycles. The summed E-state index contributed by atoms with van der Waals surface area (Å²) in [6.45, 7) is 7.20. The maximum atomic E-state index is 13.4. The molecule has 2 rings (SSSR count). The van der Waals surface area contributed by atoms with Crippen molar-refractivity contribution in [3.63, 3.8) is 0 Å². The van der Waals surface area contributed by atoms with Gasteiger partial charge in [0.2, 0.25) is 5.91 Å². The Bertz CT molecular complexity index is 543. The molecule has 0 bridgehead atoms. The molecular formula is C17H25FN2O3. The minimum atomic E-state index is -0.323. The van der Waals surface area contributed by atoms with Crippen LogP contribution < -0.4 is 10.1 Å². The molecule has 5 nitrogen and oxygen atoms in total. The number of hydrogen-bond donors (Lipinski definition) is 1. The second kappa shape index (κ2) is 7.75. The van der Waals surface area contributed by atoms with Crippen LogP contribution in [0.25, 0.3) is 0 Å². The van der Waals surface area contributed by atoms with Gasteiger partial charge in [-0.2, -0.15) is 0 Å². The highest BCUT2D eigenvalue weighted by Crippen LogP contribution is 2.25. The van der Waals surface area contributed by atoms with Crippen LogP contribution in [0.15, 0.2) is 18.2 Å². The van der Waals surface area contributed by atoms with Crippen molar-refractivity contribution in [3.05, 3.63) is 29.6 Å². The number of ether oxygens (including phenoxy) is 2. The average molecular weight is 324 g/mol. The predicted molar refractivity (Wildman–Crippen MR) is 86.0 cm³/mol. The number of morpholine rings is 1. The van der Waals surface area contributed by atoms with Crippen molar-refractivity contribution in [1.29, 1.82) is 0 Å². The van der Waals surface area contributed by atoms with Crippen LogP contribution in [0, 0.1) is 5.82 Å². The van der Waals surface area contributed by atoms with Crippen molar-refractivity contribution in [1.82, 2.24) is 10.2 Å². The van der Waals surface area contributed by atoms with Gasteiger partial charge in [-0.3, -0.25) is 4.79 Å². The summed E-state index contributed by atoms with van der Waals surface area (Å²) < 4.78 is 24.3. The Balaban J connectivity index is 1.95. The van der Waals surface area contributed by atoms with E-state index in [4.69, 9.17) is 9.47 Å². The van der Waals surface area contributed by atoms with E-state index in [1.165, 1.54) is 12.1 Å². The number of carbonyl (C=O) groups excluding carboxylic acids is 1. The van der Waals surface area contributed by atoms with Crippen LogP contribution >= 0.6 is 0 Å². The summed E-state index contributed by atoms with van der Waals surface area (Å²) in [6, 6.07) is 4.19. The Hall–Kier alpha value is -1.66. The lowest BCUT2D eigenvalue weighted by atomic mass is 10.1. The number of methoxy groups -OCH3 is 1. The lowest BCUT2D eigenvalue weighted by molar-refractivity contribution is -0.142. The summed E-state index contributed by atoms with van der Waals surface area (Å²) in [5.41, 5.74) is 0.698. The third-order valence-corrected chi connectivity index (χ3v) is 3.99. The van der Waals surface area contributed by atoms with E-state index in [0.717, 1.165) is 0 Å². The first-order valence-electron chi connectivity index (χ1n) is 7.90. The number of benzene rings is 1. The highest BCUT2D eigenvalue weighted by atomic mass is 19.1. The average Bonchev–Trinajstić information content (AvgIpc) is 2.51. The smallest absolute Gasteiger partial charge is 0.236 e. The first kappa shape index (κ1) is 17.7. The molecule has 0 saturated carbocycles. The fraction of sp³-hybridized carbons (Fsp3) is 0.588. The summed E-state index contributed by atoms with van der Waals surface area (Å²) in [4.78, 5) is 14.2. The van der Waals surface area contributed by atoms with Gasteiger partial charge in [-0.05, 0) is 39.0 Å². The third-order valence-electron chi connectivity index (χ3n) is 3.99. The minimum absolute atomic E-state index is 0.0224. The van der Waals surface area contributed by atoms with Crippen LogP contribution in [0.3, 0.4) is 0 Å². The van der Waals surface area contributed by atoms with Crippen LogP contribution in [0.1, 0.15) is 32.4 Å². The Kier molecular flexibility index (Phi) is 5.96. The van der Waals surface area contributed by atoms with Crippen molar-refractivity contribution in [2.45, 2.75) is 39.0 Å². The van der Waals surface area contributed by atoms with Crippen LogP contribution in [0.5, 0.6) is 5.75 Å². The number of nitrogens with zero attached hydrogens (tertiary/aromatic N) is 1. The molecule has 0 aliphatic carbocycles. The fourth-order valence-corrected chi connectivity index (χ4v) is 2.89. The largest absolute Gasteiger partial charge is 0.496 e. The molecule has 0 aromatic heterocycles. The van der Waals surface area contributed by atoms with Crippen molar-refractivity contribution < 1.29 is 18.7 Å². The molecule has 1 heterocycles. The summed E-state index contributed by atoms with van der Waals surface area (Å²) in [6.07, 6.45) is 0.0897. The van der Waals surface area contributed by atoms with Gasteiger partial charge in [0.15, 0.2) is 0 Å². The van der Waals surface area contributed by atoms with Gasteiger partial charge >= 0.3 is 0 Å². The van der Waals surface area contributed by atoms with Gasteiger partial charge in [0.25, 0.3) is 0 Å². The number of carbonyl (C=O) groups is 1. The normalized spacial score (nSPS) is 22.7. The number of hydrogen-bond acceptors (Lipinski definition) is 4. The summed E-state index contributed by atoms with van der Waals surface area (Å²) in [5, 5.41) is 3.15. The zero-order valence-electron chi connectivity index (χ0n) is 14.1. The molecule has 128 valence electrons. The topological polar surface area (TPSA) is 50.8 Å².